The topological polar surface area (TPSA) is 26.3 Å². The molecule has 0 unspecified atom stereocenters. The zero-order chi connectivity index (χ0) is 9.40. The number of hydrogen-bond acceptors (Lipinski definition) is 2. The Morgan fingerprint density at radius 3 is 2.58 bits per heavy atom. The van der Waals surface area contributed by atoms with Crippen molar-refractivity contribution in [3.63, 3.8) is 0 Å². The van der Waals surface area contributed by atoms with E-state index in [1.54, 1.807) is 0 Å². The predicted octanol–water partition coefficient (Wildman–Crippen LogP) is 2.75. The number of rotatable bonds is 6. The first-order chi connectivity index (χ1) is 5.66. The fraction of sp³-hybridized carbons (Fsp3) is 0.889. The third-order valence-electron chi connectivity index (χ3n) is 1.34. The smallest absolute Gasteiger partial charge is 0.305 e. The lowest BCUT2D eigenvalue weighted by atomic mass is 10.2. The minimum absolute atomic E-state index is 0.0651. The molecule has 0 radical (unpaired) electrons. The van der Waals surface area contributed by atoms with Crippen LogP contribution in [-0.2, 0) is 9.53 Å². The maximum Gasteiger partial charge on any atom is 0.305 e. The summed E-state index contributed by atoms with van der Waals surface area (Å²) in [6.45, 7) is 4.62. The van der Waals surface area contributed by atoms with E-state index in [0.717, 1.165) is 18.2 Å². The number of carbonyl (C=O) groups is 1. The first kappa shape index (κ1) is 11.9. The van der Waals surface area contributed by atoms with Gasteiger partial charge in [0.15, 0.2) is 0 Å². The lowest BCUT2D eigenvalue weighted by molar-refractivity contribution is -0.144. The van der Waals surface area contributed by atoms with Crippen molar-refractivity contribution in [1.29, 1.82) is 0 Å². The van der Waals surface area contributed by atoms with Gasteiger partial charge in [0.2, 0.25) is 0 Å². The molecule has 0 heterocycles. The molecule has 12 heavy (non-hydrogen) atoms. The number of hydrogen-bond donors (Lipinski definition) is 0. The second-order valence-corrected chi connectivity index (χ2v) is 4.02. The number of carbonyl (C=O) groups excluding carboxylic acids is 1. The van der Waals surface area contributed by atoms with Gasteiger partial charge in [-0.25, -0.2) is 0 Å². The van der Waals surface area contributed by atoms with Crippen LogP contribution in [-0.4, -0.2) is 17.9 Å². The van der Waals surface area contributed by atoms with E-state index in [0.29, 0.717) is 18.9 Å². The van der Waals surface area contributed by atoms with Gasteiger partial charge in [-0.3, -0.25) is 4.79 Å². The molecule has 0 saturated carbocycles. The van der Waals surface area contributed by atoms with Crippen molar-refractivity contribution in [3.8, 4) is 0 Å². The molecule has 0 bridgehead atoms. The van der Waals surface area contributed by atoms with Crippen LogP contribution in [0.3, 0.4) is 0 Å². The first-order valence-corrected chi connectivity index (χ1v) is 5.50. The van der Waals surface area contributed by atoms with Gasteiger partial charge in [0, 0.05) is 11.8 Å². The molecule has 0 aliphatic rings. The fourth-order valence-electron chi connectivity index (χ4n) is 0.696. The maximum absolute atomic E-state index is 11.0. The molecule has 0 aromatic heterocycles. The van der Waals surface area contributed by atoms with Gasteiger partial charge in [-0.05, 0) is 18.8 Å². The Kier molecular flexibility index (Phi) is 7.56. The fourth-order valence-corrected chi connectivity index (χ4v) is 1.09. The predicted molar refractivity (Wildman–Crippen MR) is 53.4 cm³/mol. The summed E-state index contributed by atoms with van der Waals surface area (Å²) >= 11 is 3.31. The summed E-state index contributed by atoms with van der Waals surface area (Å²) < 4.78 is 5.00. The van der Waals surface area contributed by atoms with Crippen LogP contribution in [0.2, 0.25) is 0 Å². The van der Waals surface area contributed by atoms with E-state index in [1.807, 2.05) is 13.8 Å². The molecule has 2 nitrogen and oxygen atoms in total. The summed E-state index contributed by atoms with van der Waals surface area (Å²) in [4.78, 5) is 11.0. The van der Waals surface area contributed by atoms with Gasteiger partial charge in [-0.15, -0.1) is 0 Å². The van der Waals surface area contributed by atoms with Crippen LogP contribution in [0, 0.1) is 5.92 Å². The van der Waals surface area contributed by atoms with E-state index < -0.39 is 0 Å². The summed E-state index contributed by atoms with van der Waals surface area (Å²) in [5, 5.41) is 0.963. The van der Waals surface area contributed by atoms with Crippen LogP contribution in [0.15, 0.2) is 0 Å². The molecule has 0 spiro atoms. The second-order valence-electron chi connectivity index (χ2n) is 3.22. The SMILES string of the molecule is CC(C)COC(=O)CCCCBr. The average molecular weight is 237 g/mol. The third kappa shape index (κ3) is 8.05. The molecule has 0 N–H and O–H groups in total. The average Bonchev–Trinajstić information content (AvgIpc) is 2.01. The van der Waals surface area contributed by atoms with Crippen LogP contribution >= 0.6 is 15.9 Å². The van der Waals surface area contributed by atoms with E-state index >= 15 is 0 Å². The highest BCUT2D eigenvalue weighted by molar-refractivity contribution is 9.09. The van der Waals surface area contributed by atoms with Crippen LogP contribution in [0.4, 0.5) is 0 Å². The summed E-state index contributed by atoms with van der Waals surface area (Å²) in [6, 6.07) is 0. The molecule has 3 heteroatoms. The van der Waals surface area contributed by atoms with Crippen molar-refractivity contribution >= 4 is 21.9 Å². The number of alkyl halides is 1. The van der Waals surface area contributed by atoms with Crippen molar-refractivity contribution in [1.82, 2.24) is 0 Å². The normalized spacial score (nSPS) is 10.3. The van der Waals surface area contributed by atoms with Crippen LogP contribution in [0.5, 0.6) is 0 Å². The molecule has 0 saturated heterocycles. The monoisotopic (exact) mass is 236 g/mol. The molecular formula is C9H17BrO2. The zero-order valence-corrected chi connectivity index (χ0v) is 9.39. The molecular weight excluding hydrogens is 220 g/mol. The number of esters is 1. The van der Waals surface area contributed by atoms with Crippen LogP contribution in [0.25, 0.3) is 0 Å². The third-order valence-corrected chi connectivity index (χ3v) is 1.90. The largest absolute Gasteiger partial charge is 0.465 e. The highest BCUT2D eigenvalue weighted by Gasteiger charge is 2.02. The summed E-state index contributed by atoms with van der Waals surface area (Å²) in [7, 11) is 0. The Hall–Kier alpha value is -0.0500. The molecule has 72 valence electrons. The lowest BCUT2D eigenvalue weighted by Gasteiger charge is -2.06. The van der Waals surface area contributed by atoms with Crippen LogP contribution in [0.1, 0.15) is 33.1 Å². The standard InChI is InChI=1S/C9H17BrO2/c1-8(2)7-12-9(11)5-3-4-6-10/h8H,3-7H2,1-2H3. The van der Waals surface area contributed by atoms with E-state index in [2.05, 4.69) is 15.9 Å². The Bertz CT molecular complexity index is 124. The summed E-state index contributed by atoms with van der Waals surface area (Å²) in [5.41, 5.74) is 0. The molecule has 0 aromatic rings. The number of ether oxygens (including phenoxy) is 1. The number of unbranched alkanes of at least 4 members (excludes halogenated alkanes) is 1. The molecule has 0 fully saturated rings. The van der Waals surface area contributed by atoms with Crippen molar-refractivity contribution in [3.05, 3.63) is 0 Å². The number of halogens is 1. The molecule has 0 amide bonds. The summed E-state index contributed by atoms with van der Waals surface area (Å²) in [6.07, 6.45) is 2.51. The van der Waals surface area contributed by atoms with Crippen molar-refractivity contribution < 1.29 is 9.53 Å². The second kappa shape index (κ2) is 7.59. The van der Waals surface area contributed by atoms with E-state index in [-0.39, 0.29) is 5.97 Å². The molecule has 0 rings (SSSR count). The first-order valence-electron chi connectivity index (χ1n) is 4.38. The Balaban J connectivity index is 3.22. The molecule has 0 aliphatic heterocycles. The highest BCUT2D eigenvalue weighted by Crippen LogP contribution is 2.01. The van der Waals surface area contributed by atoms with E-state index in [4.69, 9.17) is 4.74 Å². The molecule has 0 atom stereocenters. The lowest BCUT2D eigenvalue weighted by Crippen LogP contribution is -2.09. The van der Waals surface area contributed by atoms with E-state index in [9.17, 15) is 4.79 Å². The van der Waals surface area contributed by atoms with E-state index in [1.165, 1.54) is 0 Å². The minimum atomic E-state index is -0.0651. The van der Waals surface area contributed by atoms with Gasteiger partial charge in [0.1, 0.15) is 0 Å². The van der Waals surface area contributed by atoms with Gasteiger partial charge in [-0.2, -0.15) is 0 Å². The summed E-state index contributed by atoms with van der Waals surface area (Å²) in [5.74, 6) is 0.370. The maximum atomic E-state index is 11.0. The highest BCUT2D eigenvalue weighted by atomic mass is 79.9. The van der Waals surface area contributed by atoms with Crippen molar-refractivity contribution in [2.24, 2.45) is 5.92 Å². The van der Waals surface area contributed by atoms with Gasteiger partial charge >= 0.3 is 5.97 Å². The van der Waals surface area contributed by atoms with Gasteiger partial charge in [0.25, 0.3) is 0 Å². The Morgan fingerprint density at radius 2 is 2.08 bits per heavy atom. The van der Waals surface area contributed by atoms with Crippen molar-refractivity contribution in [2.75, 3.05) is 11.9 Å². The zero-order valence-electron chi connectivity index (χ0n) is 7.81. The molecule has 0 aromatic carbocycles. The molecule has 0 aliphatic carbocycles. The Morgan fingerprint density at radius 1 is 1.42 bits per heavy atom. The van der Waals surface area contributed by atoms with Crippen LogP contribution < -0.4 is 0 Å². The van der Waals surface area contributed by atoms with Gasteiger partial charge in [-0.1, -0.05) is 29.8 Å². The van der Waals surface area contributed by atoms with Gasteiger partial charge in [0.05, 0.1) is 6.61 Å². The Labute approximate surface area is 82.8 Å². The van der Waals surface area contributed by atoms with Gasteiger partial charge < -0.3 is 4.74 Å². The van der Waals surface area contributed by atoms with Crippen molar-refractivity contribution in [2.45, 2.75) is 33.1 Å². The minimum Gasteiger partial charge on any atom is -0.465 e. The quantitative estimate of drug-likeness (QED) is 0.403.